The zero-order valence-electron chi connectivity index (χ0n) is 9.75. The molecule has 4 fully saturated rings. The molecule has 2 heteroatoms. The first kappa shape index (κ1) is 9.68. The van der Waals surface area contributed by atoms with Crippen LogP contribution in [0.1, 0.15) is 46.0 Å². The van der Waals surface area contributed by atoms with Gasteiger partial charge >= 0.3 is 0 Å². The lowest BCUT2D eigenvalue weighted by atomic mass is 9.49. The molecule has 4 aliphatic rings. The van der Waals surface area contributed by atoms with E-state index in [1.807, 2.05) is 0 Å². The molecule has 0 aromatic rings. The van der Waals surface area contributed by atoms with Gasteiger partial charge in [-0.25, -0.2) is 0 Å². The molecule has 1 N–H and O–H groups in total. The van der Waals surface area contributed by atoms with E-state index in [2.05, 4.69) is 12.2 Å². The summed E-state index contributed by atoms with van der Waals surface area (Å²) >= 11 is 0. The van der Waals surface area contributed by atoms with Crippen LogP contribution in [0.5, 0.6) is 0 Å². The van der Waals surface area contributed by atoms with Crippen LogP contribution in [0.2, 0.25) is 0 Å². The van der Waals surface area contributed by atoms with Gasteiger partial charge in [-0.05, 0) is 62.7 Å². The van der Waals surface area contributed by atoms with Crippen LogP contribution in [0.25, 0.3) is 0 Å². The van der Waals surface area contributed by atoms with Gasteiger partial charge in [0.15, 0.2) is 0 Å². The molecule has 0 atom stereocenters. The van der Waals surface area contributed by atoms with E-state index < -0.39 is 0 Å². The Morgan fingerprint density at radius 1 is 1.07 bits per heavy atom. The highest BCUT2D eigenvalue weighted by Crippen LogP contribution is 2.58. The van der Waals surface area contributed by atoms with Gasteiger partial charge in [-0.1, -0.05) is 0 Å². The first-order chi connectivity index (χ1) is 7.08. The van der Waals surface area contributed by atoms with Crippen LogP contribution in [0.4, 0.5) is 0 Å². The van der Waals surface area contributed by atoms with E-state index in [9.17, 15) is 4.79 Å². The Hall–Kier alpha value is -0.530. The highest BCUT2D eigenvalue weighted by atomic mass is 16.1. The minimum atomic E-state index is 0.124. The third kappa shape index (κ3) is 1.33. The maximum atomic E-state index is 11.3. The summed E-state index contributed by atoms with van der Waals surface area (Å²) < 4.78 is 0. The van der Waals surface area contributed by atoms with Gasteiger partial charge in [-0.15, -0.1) is 0 Å². The van der Waals surface area contributed by atoms with Gasteiger partial charge in [0.25, 0.3) is 0 Å². The normalized spacial score (nSPS) is 51.9. The molecule has 0 saturated heterocycles. The van der Waals surface area contributed by atoms with Crippen molar-refractivity contribution in [2.24, 2.45) is 23.7 Å². The third-order valence-corrected chi connectivity index (χ3v) is 5.28. The van der Waals surface area contributed by atoms with Crippen molar-refractivity contribution < 1.29 is 4.79 Å². The van der Waals surface area contributed by atoms with Crippen molar-refractivity contribution in [1.29, 1.82) is 0 Å². The summed E-state index contributed by atoms with van der Waals surface area (Å²) in [5.41, 5.74) is 0.124. The summed E-state index contributed by atoms with van der Waals surface area (Å²) in [6.45, 7) is 3.96. The average molecular weight is 207 g/mol. The van der Waals surface area contributed by atoms with Gasteiger partial charge in [-0.2, -0.15) is 0 Å². The lowest BCUT2D eigenvalue weighted by Gasteiger charge is -2.60. The maximum absolute atomic E-state index is 11.3. The van der Waals surface area contributed by atoms with Crippen molar-refractivity contribution >= 4 is 5.91 Å². The second kappa shape index (κ2) is 2.99. The van der Waals surface area contributed by atoms with E-state index in [1.165, 1.54) is 32.1 Å². The van der Waals surface area contributed by atoms with E-state index >= 15 is 0 Å². The Morgan fingerprint density at radius 2 is 1.53 bits per heavy atom. The number of amides is 1. The molecule has 2 nitrogen and oxygen atoms in total. The Morgan fingerprint density at radius 3 is 1.93 bits per heavy atom. The Kier molecular flexibility index (Phi) is 1.93. The molecule has 1 amide bonds. The molecule has 15 heavy (non-hydrogen) atoms. The van der Waals surface area contributed by atoms with E-state index in [0.29, 0.717) is 0 Å². The summed E-state index contributed by atoms with van der Waals surface area (Å²) in [6, 6.07) is 0. The molecule has 4 aliphatic carbocycles. The first-order valence-electron chi connectivity index (χ1n) is 6.36. The summed E-state index contributed by atoms with van der Waals surface area (Å²) in [5, 5.41) is 3.26. The van der Waals surface area contributed by atoms with Crippen LogP contribution in [0.3, 0.4) is 0 Å². The quantitative estimate of drug-likeness (QED) is 0.702. The van der Waals surface area contributed by atoms with E-state index in [0.717, 1.165) is 23.7 Å². The minimum Gasteiger partial charge on any atom is -0.351 e. The fourth-order valence-corrected chi connectivity index (χ4v) is 4.75. The molecule has 0 aliphatic heterocycles. The molecule has 0 aromatic carbocycles. The van der Waals surface area contributed by atoms with Crippen LogP contribution < -0.4 is 5.32 Å². The van der Waals surface area contributed by atoms with Crippen LogP contribution in [-0.4, -0.2) is 11.4 Å². The van der Waals surface area contributed by atoms with Crippen LogP contribution in [0, 0.1) is 23.7 Å². The molecule has 0 radical (unpaired) electrons. The van der Waals surface area contributed by atoms with Crippen molar-refractivity contribution in [2.45, 2.75) is 51.5 Å². The van der Waals surface area contributed by atoms with Crippen LogP contribution in [0.15, 0.2) is 0 Å². The molecular formula is C13H21NO. The zero-order chi connectivity index (χ0) is 10.6. The maximum Gasteiger partial charge on any atom is 0.217 e. The number of hydrogen-bond donors (Lipinski definition) is 1. The third-order valence-electron chi connectivity index (χ3n) is 5.28. The van der Waals surface area contributed by atoms with Gasteiger partial charge in [-0.3, -0.25) is 4.79 Å². The largest absolute Gasteiger partial charge is 0.351 e. The number of nitrogens with one attached hydrogen (secondary N) is 1. The SMILES string of the molecule is CC(=O)NC1(C)C2CC3CC(C2)CC1C3. The van der Waals surface area contributed by atoms with E-state index in [1.54, 1.807) is 6.92 Å². The fourth-order valence-electron chi connectivity index (χ4n) is 4.75. The highest BCUT2D eigenvalue weighted by Gasteiger charge is 2.54. The number of carbonyl (C=O) groups excluding carboxylic acids is 1. The second-order valence-corrected chi connectivity index (χ2v) is 6.27. The summed E-state index contributed by atoms with van der Waals surface area (Å²) in [6.07, 6.45) is 6.93. The summed E-state index contributed by atoms with van der Waals surface area (Å²) in [7, 11) is 0. The standard InChI is InChI=1S/C13H21NO/c1-8(15)14-13(2)11-4-9-3-10(6-11)7-12(13)5-9/h9-12H,3-7H2,1-2H3,(H,14,15). The number of carbonyl (C=O) groups is 1. The lowest BCUT2D eigenvalue weighted by Crippen LogP contribution is -2.64. The van der Waals surface area contributed by atoms with E-state index in [4.69, 9.17) is 0 Å². The van der Waals surface area contributed by atoms with Crippen molar-refractivity contribution in [3.8, 4) is 0 Å². The molecule has 0 spiro atoms. The number of rotatable bonds is 1. The molecule has 0 aromatic heterocycles. The van der Waals surface area contributed by atoms with Crippen molar-refractivity contribution in [3.63, 3.8) is 0 Å². The Bertz CT molecular complexity index is 269. The Labute approximate surface area is 91.8 Å². The summed E-state index contributed by atoms with van der Waals surface area (Å²) in [5.74, 6) is 3.64. The fraction of sp³-hybridized carbons (Fsp3) is 0.923. The average Bonchev–Trinajstić information content (AvgIpc) is 2.12. The molecular weight excluding hydrogens is 186 g/mol. The predicted molar refractivity (Wildman–Crippen MR) is 59.3 cm³/mol. The van der Waals surface area contributed by atoms with Gasteiger partial charge in [0.05, 0.1) is 0 Å². The van der Waals surface area contributed by atoms with Gasteiger partial charge in [0.1, 0.15) is 0 Å². The number of hydrogen-bond acceptors (Lipinski definition) is 1. The molecule has 4 saturated carbocycles. The molecule has 84 valence electrons. The highest BCUT2D eigenvalue weighted by molar-refractivity contribution is 5.74. The van der Waals surface area contributed by atoms with Gasteiger partial charge in [0.2, 0.25) is 5.91 Å². The van der Waals surface area contributed by atoms with E-state index in [-0.39, 0.29) is 11.4 Å². The van der Waals surface area contributed by atoms with Crippen molar-refractivity contribution in [1.82, 2.24) is 5.32 Å². The molecule has 4 rings (SSSR count). The lowest BCUT2D eigenvalue weighted by molar-refractivity contribution is -0.128. The van der Waals surface area contributed by atoms with Crippen molar-refractivity contribution in [3.05, 3.63) is 0 Å². The monoisotopic (exact) mass is 207 g/mol. The summed E-state index contributed by atoms with van der Waals surface area (Å²) in [4.78, 5) is 11.3. The second-order valence-electron chi connectivity index (χ2n) is 6.27. The van der Waals surface area contributed by atoms with Gasteiger partial charge < -0.3 is 5.32 Å². The first-order valence-corrected chi connectivity index (χ1v) is 6.36. The van der Waals surface area contributed by atoms with Gasteiger partial charge in [0, 0.05) is 12.5 Å². The zero-order valence-corrected chi connectivity index (χ0v) is 9.75. The smallest absolute Gasteiger partial charge is 0.217 e. The Balaban J connectivity index is 1.87. The van der Waals surface area contributed by atoms with Crippen LogP contribution in [-0.2, 0) is 4.79 Å². The van der Waals surface area contributed by atoms with Crippen LogP contribution >= 0.6 is 0 Å². The predicted octanol–water partition coefficient (Wildman–Crippen LogP) is 2.34. The molecule has 0 unspecified atom stereocenters. The topological polar surface area (TPSA) is 29.1 Å². The van der Waals surface area contributed by atoms with Crippen molar-refractivity contribution in [2.75, 3.05) is 0 Å². The molecule has 0 heterocycles. The minimum absolute atomic E-state index is 0.124. The molecule has 4 bridgehead atoms.